The lowest BCUT2D eigenvalue weighted by Crippen LogP contribution is -2.51. The Balaban J connectivity index is 2.42. The van der Waals surface area contributed by atoms with Crippen molar-refractivity contribution in [3.05, 3.63) is 17.9 Å². The quantitative estimate of drug-likeness (QED) is 0.912. The van der Waals surface area contributed by atoms with Crippen LogP contribution in [-0.2, 0) is 0 Å². The van der Waals surface area contributed by atoms with Crippen LogP contribution in [0.2, 0.25) is 0 Å². The summed E-state index contributed by atoms with van der Waals surface area (Å²) in [6.45, 7) is 3.51. The largest absolute Gasteiger partial charge is 0.495 e. The Bertz CT molecular complexity index is 701. The van der Waals surface area contributed by atoms with E-state index in [4.69, 9.17) is 18.6 Å². The Morgan fingerprint density at radius 3 is 2.55 bits per heavy atom. The topological polar surface area (TPSA) is 69.9 Å². The lowest BCUT2D eigenvalue weighted by molar-refractivity contribution is 0.0408. The molecule has 0 spiro atoms. The second-order valence-electron chi connectivity index (χ2n) is 5.00. The van der Waals surface area contributed by atoms with Crippen LogP contribution in [0, 0.1) is 0 Å². The third kappa shape index (κ3) is 1.61. The molecule has 2 heterocycles. The predicted molar refractivity (Wildman–Crippen MR) is 71.5 cm³/mol. The molecular formula is C14H15NO5. The summed E-state index contributed by atoms with van der Waals surface area (Å²) in [6.07, 6.45) is 1.52. The van der Waals surface area contributed by atoms with Crippen LogP contribution in [0.1, 0.15) is 24.2 Å². The van der Waals surface area contributed by atoms with E-state index in [1.807, 2.05) is 0 Å². The third-order valence-electron chi connectivity index (χ3n) is 3.18. The number of hydrogen-bond acceptors (Lipinski definition) is 5. The Labute approximate surface area is 115 Å². The van der Waals surface area contributed by atoms with Crippen LogP contribution in [0.4, 0.5) is 0 Å². The number of nitrogens with one attached hydrogen (secondary N) is 1. The minimum Gasteiger partial charge on any atom is -0.495 e. The zero-order valence-electron chi connectivity index (χ0n) is 11.7. The third-order valence-corrected chi connectivity index (χ3v) is 3.18. The fourth-order valence-corrected chi connectivity index (χ4v) is 2.44. The normalized spacial score (nSPS) is 16.3. The van der Waals surface area contributed by atoms with Crippen LogP contribution in [0.25, 0.3) is 11.0 Å². The van der Waals surface area contributed by atoms with Gasteiger partial charge in [-0.1, -0.05) is 0 Å². The minimum atomic E-state index is -0.831. The molecular weight excluding hydrogens is 262 g/mol. The van der Waals surface area contributed by atoms with Gasteiger partial charge in [-0.05, 0) is 19.9 Å². The maximum atomic E-state index is 12.4. The number of rotatable bonds is 2. The molecule has 3 rings (SSSR count). The second kappa shape index (κ2) is 4.06. The number of amides is 1. The molecule has 0 bridgehead atoms. The highest BCUT2D eigenvalue weighted by Gasteiger charge is 2.38. The molecule has 1 aromatic heterocycles. The Morgan fingerprint density at radius 2 is 1.90 bits per heavy atom. The van der Waals surface area contributed by atoms with Crippen molar-refractivity contribution < 1.29 is 23.4 Å². The van der Waals surface area contributed by atoms with Crippen molar-refractivity contribution in [1.29, 1.82) is 0 Å². The van der Waals surface area contributed by atoms with E-state index < -0.39 is 5.72 Å². The van der Waals surface area contributed by atoms with Gasteiger partial charge in [-0.3, -0.25) is 4.79 Å². The number of carbonyl (C=O) groups excluding carboxylic acids is 1. The van der Waals surface area contributed by atoms with Crippen LogP contribution in [0.3, 0.4) is 0 Å². The first-order chi connectivity index (χ1) is 9.48. The van der Waals surface area contributed by atoms with Gasteiger partial charge in [0.05, 0.1) is 25.9 Å². The maximum absolute atomic E-state index is 12.4. The predicted octanol–water partition coefficient (Wildman–Crippen LogP) is 2.31. The van der Waals surface area contributed by atoms with Crippen LogP contribution >= 0.6 is 0 Å². The van der Waals surface area contributed by atoms with Crippen molar-refractivity contribution in [2.45, 2.75) is 19.6 Å². The first-order valence-electron chi connectivity index (χ1n) is 6.15. The summed E-state index contributed by atoms with van der Waals surface area (Å²) in [7, 11) is 3.01. The molecule has 6 heteroatoms. The summed E-state index contributed by atoms with van der Waals surface area (Å²) < 4.78 is 22.0. The summed E-state index contributed by atoms with van der Waals surface area (Å²) in [5.74, 6) is 0.872. The Kier molecular flexibility index (Phi) is 2.57. The molecule has 1 amide bonds. The van der Waals surface area contributed by atoms with E-state index in [1.165, 1.54) is 20.5 Å². The first-order valence-corrected chi connectivity index (χ1v) is 6.15. The Morgan fingerprint density at radius 1 is 1.20 bits per heavy atom. The number of benzene rings is 1. The van der Waals surface area contributed by atoms with Gasteiger partial charge >= 0.3 is 0 Å². The summed E-state index contributed by atoms with van der Waals surface area (Å²) in [5.41, 5.74) is -0.0194. The summed E-state index contributed by atoms with van der Waals surface area (Å²) in [6, 6.07) is 1.73. The van der Waals surface area contributed by atoms with Gasteiger partial charge in [0.2, 0.25) is 5.75 Å². The number of ether oxygens (including phenoxy) is 3. The van der Waals surface area contributed by atoms with Gasteiger partial charge in [0.25, 0.3) is 5.91 Å². The molecule has 106 valence electrons. The molecule has 0 saturated heterocycles. The van der Waals surface area contributed by atoms with Gasteiger partial charge in [0, 0.05) is 0 Å². The van der Waals surface area contributed by atoms with Crippen LogP contribution in [0.15, 0.2) is 16.7 Å². The standard InChI is InChI=1S/C14H15NO5/c1-14(2)15-13(16)8-9(17-3)7-5-6-19-10(7)12(18-4)11(8)20-14/h5-6H,1-4H3,(H,15,16). The highest BCUT2D eigenvalue weighted by molar-refractivity contribution is 6.09. The van der Waals surface area contributed by atoms with Crippen LogP contribution in [0.5, 0.6) is 17.2 Å². The monoisotopic (exact) mass is 277 g/mol. The zero-order chi connectivity index (χ0) is 14.5. The molecule has 2 aromatic rings. The summed E-state index contributed by atoms with van der Waals surface area (Å²) in [4.78, 5) is 12.4. The summed E-state index contributed by atoms with van der Waals surface area (Å²) in [5, 5.41) is 3.44. The van der Waals surface area contributed by atoms with E-state index in [2.05, 4.69) is 5.32 Å². The van der Waals surface area contributed by atoms with Gasteiger partial charge in [-0.2, -0.15) is 0 Å². The Hall–Kier alpha value is -2.37. The lowest BCUT2D eigenvalue weighted by atomic mass is 10.0. The van der Waals surface area contributed by atoms with Crippen molar-refractivity contribution in [2.24, 2.45) is 0 Å². The number of fused-ring (bicyclic) bond motifs is 2. The van der Waals surface area contributed by atoms with Crippen molar-refractivity contribution in [3.8, 4) is 17.2 Å². The number of hydrogen-bond donors (Lipinski definition) is 1. The smallest absolute Gasteiger partial charge is 0.262 e. The molecule has 1 aliphatic heterocycles. The van der Waals surface area contributed by atoms with Gasteiger partial charge in [0.15, 0.2) is 17.1 Å². The zero-order valence-corrected chi connectivity index (χ0v) is 11.7. The number of carbonyl (C=O) groups is 1. The molecule has 0 atom stereocenters. The molecule has 1 aliphatic rings. The molecule has 6 nitrogen and oxygen atoms in total. The van der Waals surface area contributed by atoms with Crippen molar-refractivity contribution in [1.82, 2.24) is 5.32 Å². The maximum Gasteiger partial charge on any atom is 0.262 e. The van der Waals surface area contributed by atoms with Gasteiger partial charge < -0.3 is 23.9 Å². The van der Waals surface area contributed by atoms with Gasteiger partial charge in [-0.15, -0.1) is 0 Å². The van der Waals surface area contributed by atoms with Gasteiger partial charge in [-0.25, -0.2) is 0 Å². The molecule has 0 unspecified atom stereocenters. The highest BCUT2D eigenvalue weighted by Crippen LogP contribution is 2.48. The molecule has 0 fully saturated rings. The molecule has 0 saturated carbocycles. The van der Waals surface area contributed by atoms with E-state index >= 15 is 0 Å². The van der Waals surface area contributed by atoms with Crippen LogP contribution in [-0.4, -0.2) is 25.9 Å². The lowest BCUT2D eigenvalue weighted by Gasteiger charge is -2.34. The average molecular weight is 277 g/mol. The molecule has 0 aliphatic carbocycles. The molecule has 1 N–H and O–H groups in total. The fraction of sp³-hybridized carbons (Fsp3) is 0.357. The number of methoxy groups -OCH3 is 2. The second-order valence-corrected chi connectivity index (χ2v) is 5.00. The molecule has 0 radical (unpaired) electrons. The summed E-state index contributed by atoms with van der Waals surface area (Å²) >= 11 is 0. The van der Waals surface area contributed by atoms with E-state index in [0.717, 1.165) is 0 Å². The van der Waals surface area contributed by atoms with Crippen molar-refractivity contribution in [2.75, 3.05) is 14.2 Å². The van der Waals surface area contributed by atoms with Crippen molar-refractivity contribution >= 4 is 16.9 Å². The van der Waals surface area contributed by atoms with E-state index in [-0.39, 0.29) is 5.91 Å². The average Bonchev–Trinajstić information content (AvgIpc) is 2.83. The fourth-order valence-electron chi connectivity index (χ4n) is 2.44. The molecule has 1 aromatic carbocycles. The van der Waals surface area contributed by atoms with E-state index in [1.54, 1.807) is 19.9 Å². The highest BCUT2D eigenvalue weighted by atomic mass is 16.5. The SMILES string of the molecule is COc1c2c(c(OC)c3occc13)OC(C)(C)NC2=O. The van der Waals surface area contributed by atoms with Crippen molar-refractivity contribution in [3.63, 3.8) is 0 Å². The number of furan rings is 1. The van der Waals surface area contributed by atoms with E-state index in [9.17, 15) is 4.79 Å². The molecule has 20 heavy (non-hydrogen) atoms. The van der Waals surface area contributed by atoms with Gasteiger partial charge in [0.1, 0.15) is 11.3 Å². The first kappa shape index (κ1) is 12.7. The minimum absolute atomic E-state index is 0.269. The van der Waals surface area contributed by atoms with Crippen LogP contribution < -0.4 is 19.5 Å². The van der Waals surface area contributed by atoms with E-state index in [0.29, 0.717) is 33.8 Å².